The molecule has 0 aliphatic rings. The highest BCUT2D eigenvalue weighted by Gasteiger charge is 2.27. The number of carbonyl (C=O) groups is 1. The Morgan fingerprint density at radius 2 is 1.89 bits per heavy atom. The number of benzene rings is 1. The van der Waals surface area contributed by atoms with Gasteiger partial charge in [-0.25, -0.2) is 8.42 Å². The molecule has 19 heavy (non-hydrogen) atoms. The van der Waals surface area contributed by atoms with Gasteiger partial charge in [-0.3, -0.25) is 4.79 Å². The highest BCUT2D eigenvalue weighted by molar-refractivity contribution is 7.92. The second-order valence-electron chi connectivity index (χ2n) is 4.52. The van der Waals surface area contributed by atoms with Gasteiger partial charge in [-0.2, -0.15) is 0 Å². The molecule has 0 saturated heterocycles. The van der Waals surface area contributed by atoms with Crippen molar-refractivity contribution in [2.45, 2.75) is 26.0 Å². The van der Waals surface area contributed by atoms with E-state index in [9.17, 15) is 13.2 Å². The molecular formula is C14H19NO3S. The van der Waals surface area contributed by atoms with Crippen LogP contribution < -0.4 is 5.32 Å². The van der Waals surface area contributed by atoms with Crippen LogP contribution in [0.1, 0.15) is 18.1 Å². The number of hydrogen-bond acceptors (Lipinski definition) is 3. The SMILES string of the molecule is C=CCS(=O)(=O)C(C)C(=O)Nc1c(C)cccc1C. The van der Waals surface area contributed by atoms with Crippen molar-refractivity contribution in [3.8, 4) is 0 Å². The Morgan fingerprint density at radius 3 is 2.37 bits per heavy atom. The molecule has 104 valence electrons. The van der Waals surface area contributed by atoms with Crippen molar-refractivity contribution in [3.63, 3.8) is 0 Å². The zero-order chi connectivity index (χ0) is 14.6. The van der Waals surface area contributed by atoms with E-state index in [1.54, 1.807) is 0 Å². The van der Waals surface area contributed by atoms with Crippen molar-refractivity contribution in [2.75, 3.05) is 11.1 Å². The number of para-hydroxylation sites is 1. The molecule has 0 spiro atoms. The summed E-state index contributed by atoms with van der Waals surface area (Å²) in [5, 5.41) is 1.60. The third-order valence-corrected chi connectivity index (χ3v) is 4.98. The number of hydrogen-bond donors (Lipinski definition) is 1. The van der Waals surface area contributed by atoms with Gasteiger partial charge < -0.3 is 5.32 Å². The van der Waals surface area contributed by atoms with E-state index >= 15 is 0 Å². The van der Waals surface area contributed by atoms with Gasteiger partial charge in [0.05, 0.1) is 5.75 Å². The van der Waals surface area contributed by atoms with Crippen molar-refractivity contribution < 1.29 is 13.2 Å². The van der Waals surface area contributed by atoms with E-state index in [1.165, 1.54) is 13.0 Å². The van der Waals surface area contributed by atoms with Crippen LogP contribution in [-0.4, -0.2) is 25.3 Å². The third kappa shape index (κ3) is 3.67. The van der Waals surface area contributed by atoms with Crippen molar-refractivity contribution in [2.24, 2.45) is 0 Å². The summed E-state index contributed by atoms with van der Waals surface area (Å²) in [6, 6.07) is 5.62. The molecular weight excluding hydrogens is 262 g/mol. The molecule has 1 unspecified atom stereocenters. The van der Waals surface area contributed by atoms with Crippen LogP contribution in [0, 0.1) is 13.8 Å². The molecule has 1 atom stereocenters. The molecule has 0 fully saturated rings. The smallest absolute Gasteiger partial charge is 0.242 e. The summed E-state index contributed by atoms with van der Waals surface area (Å²) in [6.45, 7) is 8.51. The standard InChI is InChI=1S/C14H19NO3S/c1-5-9-19(17,18)12(4)14(16)15-13-10(2)7-6-8-11(13)3/h5-8,12H,1,9H2,2-4H3,(H,15,16). The summed E-state index contributed by atoms with van der Waals surface area (Å²) in [4.78, 5) is 12.0. The van der Waals surface area contributed by atoms with Crippen LogP contribution in [-0.2, 0) is 14.6 Å². The molecule has 4 nitrogen and oxygen atoms in total. The Morgan fingerprint density at radius 1 is 1.37 bits per heavy atom. The fraction of sp³-hybridized carbons (Fsp3) is 0.357. The average Bonchev–Trinajstić information content (AvgIpc) is 2.32. The fourth-order valence-electron chi connectivity index (χ4n) is 1.71. The lowest BCUT2D eigenvalue weighted by atomic mass is 10.1. The molecule has 0 aliphatic carbocycles. The lowest BCUT2D eigenvalue weighted by Gasteiger charge is -2.15. The summed E-state index contributed by atoms with van der Waals surface area (Å²) < 4.78 is 23.6. The van der Waals surface area contributed by atoms with E-state index in [4.69, 9.17) is 0 Å². The molecule has 0 bridgehead atoms. The van der Waals surface area contributed by atoms with Crippen molar-refractivity contribution >= 4 is 21.4 Å². The van der Waals surface area contributed by atoms with Crippen LogP contribution in [0.3, 0.4) is 0 Å². The van der Waals surface area contributed by atoms with E-state index in [0.717, 1.165) is 11.1 Å². The monoisotopic (exact) mass is 281 g/mol. The summed E-state index contributed by atoms with van der Waals surface area (Å²) in [6.07, 6.45) is 1.29. The number of anilines is 1. The van der Waals surface area contributed by atoms with Gasteiger partial charge in [-0.15, -0.1) is 6.58 Å². The molecule has 0 saturated carbocycles. The normalized spacial score (nSPS) is 12.8. The van der Waals surface area contributed by atoms with E-state index in [1.807, 2.05) is 32.0 Å². The minimum Gasteiger partial charge on any atom is -0.324 e. The summed E-state index contributed by atoms with van der Waals surface area (Å²) in [5.41, 5.74) is 2.48. The first-order valence-electron chi connectivity index (χ1n) is 5.99. The summed E-state index contributed by atoms with van der Waals surface area (Å²) >= 11 is 0. The van der Waals surface area contributed by atoms with Crippen LogP contribution >= 0.6 is 0 Å². The Bertz CT molecular complexity index is 570. The minimum atomic E-state index is -3.49. The fourth-order valence-corrected chi connectivity index (χ4v) is 2.71. The second kappa shape index (κ2) is 6.02. The van der Waals surface area contributed by atoms with Crippen LogP contribution in [0.2, 0.25) is 0 Å². The van der Waals surface area contributed by atoms with Crippen LogP contribution in [0.15, 0.2) is 30.9 Å². The van der Waals surface area contributed by atoms with Gasteiger partial charge in [0.25, 0.3) is 0 Å². The van der Waals surface area contributed by atoms with Gasteiger partial charge in [0, 0.05) is 5.69 Å². The zero-order valence-electron chi connectivity index (χ0n) is 11.4. The number of rotatable bonds is 5. The molecule has 0 radical (unpaired) electrons. The summed E-state index contributed by atoms with van der Waals surface area (Å²) in [7, 11) is -3.49. The molecule has 0 aromatic heterocycles. The zero-order valence-corrected chi connectivity index (χ0v) is 12.3. The minimum absolute atomic E-state index is 0.200. The van der Waals surface area contributed by atoms with Crippen LogP contribution in [0.4, 0.5) is 5.69 Å². The first-order valence-corrected chi connectivity index (χ1v) is 7.70. The highest BCUT2D eigenvalue weighted by Crippen LogP contribution is 2.20. The first kappa shape index (κ1) is 15.4. The number of aryl methyl sites for hydroxylation is 2. The van der Waals surface area contributed by atoms with Gasteiger partial charge in [0.1, 0.15) is 5.25 Å². The van der Waals surface area contributed by atoms with Gasteiger partial charge in [0.15, 0.2) is 9.84 Å². The second-order valence-corrected chi connectivity index (χ2v) is 6.88. The van der Waals surface area contributed by atoms with Crippen LogP contribution in [0.5, 0.6) is 0 Å². The van der Waals surface area contributed by atoms with Gasteiger partial charge in [0.2, 0.25) is 5.91 Å². The molecule has 1 aromatic carbocycles. The first-order chi connectivity index (χ1) is 8.79. The molecule has 5 heteroatoms. The number of sulfone groups is 1. The Kier molecular flexibility index (Phi) is 4.89. The molecule has 1 aromatic rings. The quantitative estimate of drug-likeness (QED) is 0.842. The Labute approximate surface area is 114 Å². The van der Waals surface area contributed by atoms with Crippen molar-refractivity contribution in [1.29, 1.82) is 0 Å². The predicted molar refractivity (Wildman–Crippen MR) is 78.0 cm³/mol. The number of nitrogens with one attached hydrogen (secondary N) is 1. The number of amides is 1. The van der Waals surface area contributed by atoms with E-state index in [2.05, 4.69) is 11.9 Å². The maximum atomic E-state index is 12.0. The Hall–Kier alpha value is -1.62. The largest absolute Gasteiger partial charge is 0.324 e. The predicted octanol–water partition coefficient (Wildman–Crippen LogP) is 2.23. The van der Waals surface area contributed by atoms with E-state index in [-0.39, 0.29) is 5.75 Å². The van der Waals surface area contributed by atoms with Gasteiger partial charge in [-0.05, 0) is 31.9 Å². The number of carbonyl (C=O) groups excluding carboxylic acids is 1. The van der Waals surface area contributed by atoms with Gasteiger partial charge in [-0.1, -0.05) is 24.3 Å². The third-order valence-electron chi connectivity index (χ3n) is 2.99. The molecule has 0 heterocycles. The molecule has 1 amide bonds. The van der Waals surface area contributed by atoms with Crippen molar-refractivity contribution in [1.82, 2.24) is 0 Å². The van der Waals surface area contributed by atoms with E-state index < -0.39 is 21.0 Å². The van der Waals surface area contributed by atoms with Crippen LogP contribution in [0.25, 0.3) is 0 Å². The lowest BCUT2D eigenvalue weighted by Crippen LogP contribution is -2.34. The topological polar surface area (TPSA) is 63.2 Å². The van der Waals surface area contributed by atoms with Crippen molar-refractivity contribution in [3.05, 3.63) is 42.0 Å². The summed E-state index contributed by atoms with van der Waals surface area (Å²) in [5.74, 6) is -0.715. The molecule has 0 aliphatic heterocycles. The maximum absolute atomic E-state index is 12.0. The molecule has 1 N–H and O–H groups in total. The highest BCUT2D eigenvalue weighted by atomic mass is 32.2. The van der Waals surface area contributed by atoms with Gasteiger partial charge >= 0.3 is 0 Å². The molecule has 1 rings (SSSR count). The average molecular weight is 281 g/mol. The maximum Gasteiger partial charge on any atom is 0.242 e. The Balaban J connectivity index is 2.95. The lowest BCUT2D eigenvalue weighted by molar-refractivity contribution is -0.115. The van der Waals surface area contributed by atoms with E-state index in [0.29, 0.717) is 5.69 Å².